The van der Waals surface area contributed by atoms with Gasteiger partial charge in [-0.2, -0.15) is 0 Å². The molecule has 8 aromatic rings. The zero-order valence-corrected chi connectivity index (χ0v) is 35.3. The molecule has 0 fully saturated rings. The first kappa shape index (κ1) is 40.9. The maximum Gasteiger partial charge on any atom is 0.261 e. The lowest BCUT2D eigenvalue weighted by Gasteiger charge is -2.14. The molecule has 2 aromatic heterocycles. The van der Waals surface area contributed by atoms with Gasteiger partial charge in [0.05, 0.1) is 22.3 Å². The molecule has 9 heteroatoms. The summed E-state index contributed by atoms with van der Waals surface area (Å²) in [6.45, 7) is 1.66. The van der Waals surface area contributed by atoms with Gasteiger partial charge >= 0.3 is 0 Å². The molecule has 0 unspecified atom stereocenters. The molecule has 0 radical (unpaired) electrons. The van der Waals surface area contributed by atoms with Crippen molar-refractivity contribution in [2.75, 3.05) is 18.4 Å². The molecule has 0 atom stereocenters. The predicted octanol–water partition coefficient (Wildman–Crippen LogP) is 10.7. The first-order valence-corrected chi connectivity index (χ1v) is 21.7. The van der Waals surface area contributed by atoms with E-state index in [2.05, 4.69) is 141 Å². The van der Waals surface area contributed by atoms with Gasteiger partial charge in [0.15, 0.2) is 0 Å². The van der Waals surface area contributed by atoms with Crippen molar-refractivity contribution in [1.29, 1.82) is 0 Å². The Balaban J connectivity index is 0.000000139. The lowest BCUT2D eigenvalue weighted by molar-refractivity contribution is 0.0637. The van der Waals surface area contributed by atoms with Crippen LogP contribution in [-0.2, 0) is 19.4 Å². The third kappa shape index (κ3) is 9.03. The first-order chi connectivity index (χ1) is 29.9. The number of aromatic amines is 1. The summed E-state index contributed by atoms with van der Waals surface area (Å²) in [5, 5.41) is 3.37. The zero-order valence-electron chi connectivity index (χ0n) is 33.7. The Labute approximate surface area is 363 Å². The van der Waals surface area contributed by atoms with Crippen LogP contribution in [0.3, 0.4) is 0 Å². The van der Waals surface area contributed by atoms with Gasteiger partial charge in [0, 0.05) is 59.2 Å². The molecule has 6 aromatic carbocycles. The number of alkyl halides is 1. The Kier molecular flexibility index (Phi) is 12.8. The lowest BCUT2D eigenvalue weighted by Crippen LogP contribution is -2.31. The number of aromatic nitrogens is 2. The van der Waals surface area contributed by atoms with E-state index in [1.54, 1.807) is 48.5 Å². The summed E-state index contributed by atoms with van der Waals surface area (Å²) in [7, 11) is 0. The van der Waals surface area contributed by atoms with E-state index in [4.69, 9.17) is 0 Å². The molecule has 0 bridgehead atoms. The highest BCUT2D eigenvalue weighted by Gasteiger charge is 2.35. The van der Waals surface area contributed by atoms with Crippen molar-refractivity contribution in [3.05, 3.63) is 215 Å². The molecule has 1 N–H and O–H groups in total. The summed E-state index contributed by atoms with van der Waals surface area (Å²) >= 11 is 3.28. The van der Waals surface area contributed by atoms with Gasteiger partial charge in [-0.3, -0.25) is 29.0 Å². The Morgan fingerprint density at radius 1 is 0.443 bits per heavy atom. The molecular weight excluding hydrogens is 824 g/mol. The molecule has 10 rings (SSSR count). The van der Waals surface area contributed by atoms with Crippen LogP contribution in [0, 0.1) is 0 Å². The van der Waals surface area contributed by atoms with Crippen molar-refractivity contribution >= 4 is 61.4 Å². The van der Waals surface area contributed by atoms with Crippen molar-refractivity contribution in [3.63, 3.8) is 0 Å². The minimum atomic E-state index is -0.183. The third-order valence-corrected chi connectivity index (χ3v) is 11.6. The van der Waals surface area contributed by atoms with Crippen molar-refractivity contribution in [2.45, 2.75) is 32.2 Å². The fraction of sp³-hybridized carbons (Fsp3) is 0.154. The molecule has 0 spiro atoms. The summed E-state index contributed by atoms with van der Waals surface area (Å²) in [4.78, 5) is 54.7. The number of hydrogen-bond acceptors (Lipinski definition) is 4. The highest BCUT2D eigenvalue weighted by atomic mass is 79.9. The maximum absolute atomic E-state index is 12.6. The first-order valence-electron chi connectivity index (χ1n) is 20.6. The van der Waals surface area contributed by atoms with Gasteiger partial charge in [-0.15, -0.1) is 0 Å². The smallest absolute Gasteiger partial charge is 0.261 e. The normalized spacial score (nSPS) is 12.9. The van der Waals surface area contributed by atoms with Crippen LogP contribution >= 0.6 is 15.9 Å². The van der Waals surface area contributed by atoms with Crippen LogP contribution in [0.25, 0.3) is 21.8 Å². The Hall–Kier alpha value is -6.84. The summed E-state index contributed by atoms with van der Waals surface area (Å²) < 4.78 is 2.24. The second kappa shape index (κ2) is 19.0. The number of aryl methyl sites for hydroxylation is 1. The largest absolute Gasteiger partial charge is 0.361 e. The van der Waals surface area contributed by atoms with Gasteiger partial charge in [0.2, 0.25) is 0 Å². The number of fused-ring (bicyclic) bond motifs is 4. The van der Waals surface area contributed by atoms with Gasteiger partial charge in [-0.1, -0.05) is 137 Å². The predicted molar refractivity (Wildman–Crippen MR) is 245 cm³/mol. The zero-order chi connectivity index (χ0) is 42.1. The minimum absolute atomic E-state index is 0.170. The number of imide groups is 2. The number of nitrogens with one attached hydrogen (secondary N) is 1. The number of para-hydroxylation sites is 2. The van der Waals surface area contributed by atoms with Crippen LogP contribution < -0.4 is 0 Å². The number of benzene rings is 6. The van der Waals surface area contributed by atoms with E-state index < -0.39 is 0 Å². The highest BCUT2D eigenvalue weighted by molar-refractivity contribution is 9.09. The molecule has 0 aliphatic carbocycles. The number of rotatable bonds is 11. The standard InChI is InChI=1S/C26H22N2O2.C15H13N.C11H10BrNO2/c29-25-22-12-4-5-13-23(22)26(30)28(25)16-8-15-27-18-20(17-19-9-2-1-3-10-19)21-11-6-7-14-24(21)27;1-2-6-12(7-3-1)10-13-11-16-15-9-5-4-8-14(13)15;12-6-3-7-13-10(14)8-4-1-2-5-9(8)11(13)15/h1-7,9-14,18H,8,15-17H2;1-9,11,16H,10H2;1-2,4-5H,3,6-7H2. The van der Waals surface area contributed by atoms with Crippen molar-refractivity contribution in [1.82, 2.24) is 19.4 Å². The number of carbonyl (C=O) groups excluding carboxylic acids is 4. The summed E-state index contributed by atoms with van der Waals surface area (Å²) in [5.74, 6) is -0.705. The second-order valence-electron chi connectivity index (χ2n) is 15.1. The number of amides is 4. The second-order valence-corrected chi connectivity index (χ2v) is 15.9. The summed E-state index contributed by atoms with van der Waals surface area (Å²) in [5.41, 5.74) is 9.77. The van der Waals surface area contributed by atoms with E-state index in [0.29, 0.717) is 35.3 Å². The van der Waals surface area contributed by atoms with E-state index >= 15 is 0 Å². The van der Waals surface area contributed by atoms with Gasteiger partial charge in [0.25, 0.3) is 23.6 Å². The molecule has 304 valence electrons. The molecule has 61 heavy (non-hydrogen) atoms. The van der Waals surface area contributed by atoms with E-state index in [1.807, 2.05) is 6.07 Å². The van der Waals surface area contributed by atoms with Crippen LogP contribution in [0.2, 0.25) is 0 Å². The lowest BCUT2D eigenvalue weighted by atomic mass is 10.0. The van der Waals surface area contributed by atoms with Crippen LogP contribution in [0.1, 0.15) is 76.5 Å². The minimum Gasteiger partial charge on any atom is -0.361 e. The van der Waals surface area contributed by atoms with Gasteiger partial charge < -0.3 is 9.55 Å². The quantitative estimate of drug-likeness (QED) is 0.103. The number of H-pyrrole nitrogens is 1. The van der Waals surface area contributed by atoms with Crippen molar-refractivity contribution in [2.24, 2.45) is 0 Å². The Bertz CT molecular complexity index is 2760. The molecule has 2 aliphatic rings. The highest BCUT2D eigenvalue weighted by Crippen LogP contribution is 2.27. The molecule has 4 heterocycles. The molecule has 2 aliphatic heterocycles. The third-order valence-electron chi connectivity index (χ3n) is 11.1. The molecule has 4 amide bonds. The SMILES string of the molecule is O=C1c2ccccc2C(=O)N1CCCBr.O=C1c2ccccc2C(=O)N1CCCn1cc(Cc2ccccc2)c2ccccc21.c1ccc(Cc2c[nH]c3ccccc23)cc1. The average molecular weight is 870 g/mol. The van der Waals surface area contributed by atoms with E-state index in [1.165, 1.54) is 53.9 Å². The fourth-order valence-corrected chi connectivity index (χ4v) is 8.31. The number of nitrogens with zero attached hydrogens (tertiary/aromatic N) is 3. The van der Waals surface area contributed by atoms with Crippen LogP contribution in [0.5, 0.6) is 0 Å². The number of hydrogen-bond donors (Lipinski definition) is 1. The average Bonchev–Trinajstić information content (AvgIpc) is 4.01. The van der Waals surface area contributed by atoms with Crippen LogP contribution in [-0.4, -0.2) is 61.4 Å². The van der Waals surface area contributed by atoms with Gasteiger partial charge in [-0.05, 0) is 84.3 Å². The van der Waals surface area contributed by atoms with Gasteiger partial charge in [-0.25, -0.2) is 0 Å². The Morgan fingerprint density at radius 2 is 0.885 bits per heavy atom. The summed E-state index contributed by atoms with van der Waals surface area (Å²) in [6.07, 6.45) is 7.69. The number of carbonyl (C=O) groups is 4. The van der Waals surface area contributed by atoms with Crippen molar-refractivity contribution in [3.8, 4) is 0 Å². The maximum atomic E-state index is 12.6. The Morgan fingerprint density at radius 3 is 1.43 bits per heavy atom. The van der Waals surface area contributed by atoms with Gasteiger partial charge in [0.1, 0.15) is 0 Å². The van der Waals surface area contributed by atoms with E-state index in [9.17, 15) is 19.2 Å². The topological polar surface area (TPSA) is 95.5 Å². The van der Waals surface area contributed by atoms with E-state index in [-0.39, 0.29) is 23.6 Å². The molecule has 0 saturated carbocycles. The van der Waals surface area contributed by atoms with Crippen molar-refractivity contribution < 1.29 is 19.2 Å². The molecule has 0 saturated heterocycles. The fourth-order valence-electron chi connectivity index (χ4n) is 8.06. The van der Waals surface area contributed by atoms with Crippen LogP contribution in [0.15, 0.2) is 170 Å². The molecular formula is C52H45BrN4O4. The monoisotopic (exact) mass is 868 g/mol. The summed E-state index contributed by atoms with van der Waals surface area (Å²) in [6, 6.07) is 51.9. The van der Waals surface area contributed by atoms with Crippen LogP contribution in [0.4, 0.5) is 0 Å². The van der Waals surface area contributed by atoms with E-state index in [0.717, 1.165) is 37.6 Å². The molecule has 8 nitrogen and oxygen atoms in total. The number of halogens is 1.